The molecule has 4 rings (SSSR count). The molecule has 0 aliphatic heterocycles. The Morgan fingerprint density at radius 2 is 1.97 bits per heavy atom. The summed E-state index contributed by atoms with van der Waals surface area (Å²) in [6.07, 6.45) is 5.60. The molecule has 0 unspecified atom stereocenters. The zero-order valence-corrected chi connectivity index (χ0v) is 25.4. The van der Waals surface area contributed by atoms with Crippen molar-refractivity contribution in [1.29, 1.82) is 0 Å². The number of carbonyl (C=O) groups is 1. The maximum absolute atomic E-state index is 14.3. The third-order valence-corrected chi connectivity index (χ3v) is 8.07. The number of nitrogens with zero attached hydrogens (tertiary/aromatic N) is 3. The average molecular weight is 633 g/mol. The highest BCUT2D eigenvalue weighted by atomic mass is 79.9. The van der Waals surface area contributed by atoms with E-state index in [9.17, 15) is 14.0 Å². The molecule has 4 aromatic rings. The molecule has 0 amide bonds. The number of rotatable bonds is 7. The van der Waals surface area contributed by atoms with Gasteiger partial charge in [0.15, 0.2) is 5.78 Å². The van der Waals surface area contributed by atoms with Gasteiger partial charge in [0.1, 0.15) is 22.0 Å². The Hall–Kier alpha value is -3.01. The van der Waals surface area contributed by atoms with Crippen LogP contribution in [-0.2, 0) is 24.8 Å². The highest BCUT2D eigenvalue weighted by molar-refractivity contribution is 9.10. The molecule has 0 aliphatic rings. The van der Waals surface area contributed by atoms with Gasteiger partial charge >= 0.3 is 0 Å². The summed E-state index contributed by atoms with van der Waals surface area (Å²) < 4.78 is 25.1. The monoisotopic (exact) mass is 631 g/mol. The summed E-state index contributed by atoms with van der Waals surface area (Å²) in [5.41, 5.74) is 1.01. The summed E-state index contributed by atoms with van der Waals surface area (Å²) in [6.45, 7) is 7.61. The Morgan fingerprint density at radius 3 is 2.62 bits per heavy atom. The van der Waals surface area contributed by atoms with Crippen LogP contribution < -0.4 is 19.5 Å². The van der Waals surface area contributed by atoms with Crippen molar-refractivity contribution >= 4 is 56.8 Å². The van der Waals surface area contributed by atoms with Crippen LogP contribution >= 0.6 is 38.9 Å². The second kappa shape index (κ2) is 11.6. The van der Waals surface area contributed by atoms with Crippen LogP contribution in [0.3, 0.4) is 0 Å². The number of aromatic nitrogens is 3. The molecule has 0 radical (unpaired) electrons. The molecule has 0 saturated heterocycles. The molecule has 0 fully saturated rings. The van der Waals surface area contributed by atoms with Crippen molar-refractivity contribution in [3.8, 4) is 11.5 Å². The fourth-order valence-corrected chi connectivity index (χ4v) is 5.55. The summed E-state index contributed by atoms with van der Waals surface area (Å²) in [4.78, 5) is 26.5. The number of hydrogen-bond acceptors (Lipinski definition) is 5. The normalized spacial score (nSPS) is 12.8. The number of carbonyl (C=O) groups excluding carboxylic acids is 1. The van der Waals surface area contributed by atoms with E-state index in [1.807, 2.05) is 33.8 Å². The van der Waals surface area contributed by atoms with Crippen LogP contribution in [0.25, 0.3) is 12.2 Å². The summed E-state index contributed by atoms with van der Waals surface area (Å²) in [6, 6.07) is 9.47. The van der Waals surface area contributed by atoms with Gasteiger partial charge in [0.05, 0.1) is 21.2 Å². The first-order chi connectivity index (χ1) is 18.3. The van der Waals surface area contributed by atoms with E-state index in [-0.39, 0.29) is 17.9 Å². The molecule has 0 atom stereocenters. The van der Waals surface area contributed by atoms with Gasteiger partial charge < -0.3 is 4.74 Å². The van der Waals surface area contributed by atoms with E-state index in [0.717, 1.165) is 27.8 Å². The predicted octanol–water partition coefficient (Wildman–Crippen LogP) is 5.83. The maximum atomic E-state index is 14.3. The first-order valence-corrected chi connectivity index (χ1v) is 14.3. The quantitative estimate of drug-likeness (QED) is 0.257. The lowest BCUT2D eigenvalue weighted by molar-refractivity contribution is -0.120. The largest absolute Gasteiger partial charge is 0.457 e. The zero-order chi connectivity index (χ0) is 28.5. The van der Waals surface area contributed by atoms with Gasteiger partial charge in [0.2, 0.25) is 0 Å². The molecule has 2 heterocycles. The van der Waals surface area contributed by atoms with Crippen LogP contribution in [0.15, 0.2) is 51.9 Å². The first-order valence-electron chi connectivity index (χ1n) is 12.3. The summed E-state index contributed by atoms with van der Waals surface area (Å²) in [5.74, 6) is 0.339. The summed E-state index contributed by atoms with van der Waals surface area (Å²) >= 11 is 10.9. The lowest BCUT2D eigenvalue weighted by Crippen LogP contribution is -2.33. The first kappa shape index (κ1) is 29.0. The van der Waals surface area contributed by atoms with Crippen molar-refractivity contribution in [2.24, 2.45) is 12.5 Å². The second-order valence-electron chi connectivity index (χ2n) is 10.1. The second-order valence-corrected chi connectivity index (χ2v) is 12.4. The van der Waals surface area contributed by atoms with E-state index in [1.165, 1.54) is 28.8 Å². The van der Waals surface area contributed by atoms with Gasteiger partial charge in [-0.15, -0.1) is 11.3 Å². The minimum Gasteiger partial charge on any atom is -0.457 e. The van der Waals surface area contributed by atoms with E-state index in [4.69, 9.17) is 16.3 Å². The smallest absolute Gasteiger partial charge is 0.269 e. The molecule has 0 N–H and O–H groups in total. The third kappa shape index (κ3) is 6.77. The number of hydrogen-bond donors (Lipinski definition) is 0. The van der Waals surface area contributed by atoms with E-state index in [1.54, 1.807) is 36.1 Å². The number of benzene rings is 2. The average Bonchev–Trinajstić information content (AvgIpc) is 3.33. The third-order valence-electron chi connectivity index (χ3n) is 5.98. The minimum absolute atomic E-state index is 0.117. The number of ketones is 1. The zero-order valence-electron chi connectivity index (χ0n) is 22.2. The molecule has 6 nitrogen and oxygen atoms in total. The fraction of sp³-hybridized carbons (Fsp3) is 0.276. The molecular weight excluding hydrogens is 605 g/mol. The Kier molecular flexibility index (Phi) is 8.63. The van der Waals surface area contributed by atoms with Gasteiger partial charge in [-0.05, 0) is 70.4 Å². The Bertz CT molecular complexity index is 1730. The minimum atomic E-state index is -0.625. The molecule has 204 valence electrons. The van der Waals surface area contributed by atoms with Gasteiger partial charge in [-0.25, -0.2) is 4.39 Å². The van der Waals surface area contributed by atoms with Crippen molar-refractivity contribution in [1.82, 2.24) is 14.3 Å². The number of aryl methyl sites for hydroxylation is 2. The molecule has 39 heavy (non-hydrogen) atoms. The van der Waals surface area contributed by atoms with Crippen molar-refractivity contribution < 1.29 is 13.9 Å². The Morgan fingerprint density at radius 1 is 1.23 bits per heavy atom. The van der Waals surface area contributed by atoms with Crippen LogP contribution in [0.1, 0.15) is 44.5 Å². The topological polar surface area (TPSA) is 66.1 Å². The van der Waals surface area contributed by atoms with Crippen LogP contribution in [0.2, 0.25) is 5.02 Å². The van der Waals surface area contributed by atoms with Gasteiger partial charge in [0.25, 0.3) is 5.56 Å². The van der Waals surface area contributed by atoms with Gasteiger partial charge in [-0.1, -0.05) is 39.3 Å². The molecule has 0 bridgehead atoms. The van der Waals surface area contributed by atoms with Crippen molar-refractivity contribution in [3.63, 3.8) is 0 Å². The number of Topliss-reactive ketones (excluding diaryl/α,β-unsaturated/α-hetero) is 1. The maximum Gasteiger partial charge on any atom is 0.269 e. The number of ether oxygens (including phenoxy) is 1. The Labute approximate surface area is 243 Å². The standard InChI is InChI=1S/C29H28BrClFN3O3S/c1-6-17-12-20(8-9-22(17)31)38-24-10-7-19(32)11-18(24)13-25-28(37)35(16-23-21(30)15-34(5)33-23)27(39-25)14-26(36)29(2,3)4/h7-15H,6,16H2,1-5H3/b25-13-,27-14+. The van der Waals surface area contributed by atoms with Gasteiger partial charge in [-0.3, -0.25) is 18.8 Å². The summed E-state index contributed by atoms with van der Waals surface area (Å²) in [5, 5.41) is 5.07. The number of halogens is 3. The van der Waals surface area contributed by atoms with Crippen LogP contribution in [-0.4, -0.2) is 20.1 Å². The van der Waals surface area contributed by atoms with Crippen LogP contribution in [0.5, 0.6) is 11.5 Å². The molecule has 2 aromatic carbocycles. The van der Waals surface area contributed by atoms with Gasteiger partial charge in [-0.2, -0.15) is 5.10 Å². The van der Waals surface area contributed by atoms with Gasteiger partial charge in [0, 0.05) is 35.3 Å². The molecule has 0 spiro atoms. The lowest BCUT2D eigenvalue weighted by Gasteiger charge is -2.12. The highest BCUT2D eigenvalue weighted by Crippen LogP contribution is 2.30. The van der Waals surface area contributed by atoms with E-state index >= 15 is 0 Å². The van der Waals surface area contributed by atoms with E-state index in [2.05, 4.69) is 21.0 Å². The fourth-order valence-electron chi connectivity index (χ4n) is 3.76. The molecule has 2 aromatic heterocycles. The van der Waals surface area contributed by atoms with Crippen LogP contribution in [0.4, 0.5) is 4.39 Å². The van der Waals surface area contributed by atoms with Crippen molar-refractivity contribution in [2.75, 3.05) is 0 Å². The highest BCUT2D eigenvalue weighted by Gasteiger charge is 2.20. The van der Waals surface area contributed by atoms with Crippen LogP contribution in [0, 0.1) is 11.2 Å². The Balaban J connectivity index is 1.86. The van der Waals surface area contributed by atoms with E-state index < -0.39 is 11.2 Å². The molecule has 0 saturated carbocycles. The van der Waals surface area contributed by atoms with E-state index in [0.29, 0.717) is 37.0 Å². The lowest BCUT2D eigenvalue weighted by atomic mass is 9.91. The molecular formula is C29H28BrClFN3O3S. The van der Waals surface area contributed by atoms with Crippen molar-refractivity contribution in [2.45, 2.75) is 40.7 Å². The van der Waals surface area contributed by atoms with Crippen molar-refractivity contribution in [3.05, 3.63) is 94.3 Å². The predicted molar refractivity (Wildman–Crippen MR) is 158 cm³/mol. The SMILES string of the molecule is CCc1cc(Oc2ccc(F)cc2/C=c2\s/c(=C/C(=O)C(C)(C)C)n(Cc3nn(C)cc3Br)c2=O)ccc1Cl. The molecule has 10 heteroatoms. The molecule has 0 aliphatic carbocycles. The number of thiazole rings is 1. The summed E-state index contributed by atoms with van der Waals surface area (Å²) in [7, 11) is 1.79.